The maximum atomic E-state index is 5.83. The molecule has 1 unspecified atom stereocenters. The lowest BCUT2D eigenvalue weighted by atomic mass is 9.99. The number of unbranched alkanes of at least 4 members (excludes halogenated alkanes) is 1. The van der Waals surface area contributed by atoms with Gasteiger partial charge in [0.25, 0.3) is 0 Å². The van der Waals surface area contributed by atoms with Crippen LogP contribution in [0.1, 0.15) is 38.3 Å². The van der Waals surface area contributed by atoms with Crippen LogP contribution in [0.3, 0.4) is 0 Å². The van der Waals surface area contributed by atoms with Gasteiger partial charge in [-0.25, -0.2) is 0 Å². The fourth-order valence-corrected chi connectivity index (χ4v) is 2.51. The Labute approximate surface area is 122 Å². The van der Waals surface area contributed by atoms with Gasteiger partial charge >= 0.3 is 0 Å². The fraction of sp³-hybridized carbons (Fsp3) is 0.444. The lowest BCUT2D eigenvalue weighted by Gasteiger charge is -2.20. The monoisotopic (exact) mass is 271 g/mol. The molecule has 0 aromatic heterocycles. The molecule has 0 fully saturated rings. The van der Waals surface area contributed by atoms with E-state index in [4.69, 9.17) is 4.74 Å². The molecule has 0 bridgehead atoms. The van der Waals surface area contributed by atoms with Gasteiger partial charge in [0.2, 0.25) is 0 Å². The summed E-state index contributed by atoms with van der Waals surface area (Å²) < 4.78 is 5.83. The summed E-state index contributed by atoms with van der Waals surface area (Å²) in [4.78, 5) is 0. The predicted molar refractivity (Wildman–Crippen MR) is 86.1 cm³/mol. The molecule has 2 heteroatoms. The Kier molecular flexibility index (Phi) is 6.03. The predicted octanol–water partition coefficient (Wildman–Crippen LogP) is 4.31. The van der Waals surface area contributed by atoms with Crippen LogP contribution in [0.25, 0.3) is 10.8 Å². The van der Waals surface area contributed by atoms with Crippen molar-refractivity contribution in [2.75, 3.05) is 19.8 Å². The van der Waals surface area contributed by atoms with Gasteiger partial charge in [0.05, 0.1) is 12.6 Å². The van der Waals surface area contributed by atoms with Crippen molar-refractivity contribution in [2.45, 2.75) is 32.7 Å². The molecular formula is C18H25NO. The Morgan fingerprint density at radius 2 is 1.85 bits per heavy atom. The Hall–Kier alpha value is -1.38. The van der Waals surface area contributed by atoms with E-state index in [1.54, 1.807) is 0 Å². The number of nitrogens with one attached hydrogen (secondary N) is 1. The summed E-state index contributed by atoms with van der Waals surface area (Å²) in [6.45, 7) is 6.87. The van der Waals surface area contributed by atoms with Crippen LogP contribution >= 0.6 is 0 Å². The first-order chi connectivity index (χ1) is 9.86. The van der Waals surface area contributed by atoms with Gasteiger partial charge in [-0.1, -0.05) is 62.7 Å². The normalized spacial score (nSPS) is 12.7. The average molecular weight is 271 g/mol. The van der Waals surface area contributed by atoms with Gasteiger partial charge in [-0.15, -0.1) is 0 Å². The molecule has 108 valence electrons. The van der Waals surface area contributed by atoms with Gasteiger partial charge < -0.3 is 10.1 Å². The molecular weight excluding hydrogens is 246 g/mol. The highest BCUT2D eigenvalue weighted by molar-refractivity contribution is 5.86. The SMILES string of the molecule is CCCCOCC(NCC)c1cccc2ccccc12. The van der Waals surface area contributed by atoms with E-state index in [2.05, 4.69) is 61.6 Å². The van der Waals surface area contributed by atoms with E-state index in [-0.39, 0.29) is 6.04 Å². The highest BCUT2D eigenvalue weighted by atomic mass is 16.5. The van der Waals surface area contributed by atoms with E-state index in [0.717, 1.165) is 26.2 Å². The van der Waals surface area contributed by atoms with Gasteiger partial charge in [0.1, 0.15) is 0 Å². The number of ether oxygens (including phenoxy) is 1. The van der Waals surface area contributed by atoms with Gasteiger partial charge in [-0.05, 0) is 29.3 Å². The minimum absolute atomic E-state index is 0.267. The van der Waals surface area contributed by atoms with E-state index in [9.17, 15) is 0 Å². The first-order valence-electron chi connectivity index (χ1n) is 7.65. The van der Waals surface area contributed by atoms with Gasteiger partial charge in [-0.3, -0.25) is 0 Å². The van der Waals surface area contributed by atoms with Crippen molar-refractivity contribution in [3.8, 4) is 0 Å². The molecule has 0 amide bonds. The summed E-state index contributed by atoms with van der Waals surface area (Å²) >= 11 is 0. The first kappa shape index (κ1) is 15.0. The van der Waals surface area contributed by atoms with Crippen LogP contribution in [0.4, 0.5) is 0 Å². The second kappa shape index (κ2) is 8.03. The number of fused-ring (bicyclic) bond motifs is 1. The minimum Gasteiger partial charge on any atom is -0.379 e. The molecule has 0 saturated heterocycles. The second-order valence-corrected chi connectivity index (χ2v) is 5.11. The Bertz CT molecular complexity index is 518. The van der Waals surface area contributed by atoms with E-state index < -0.39 is 0 Å². The van der Waals surface area contributed by atoms with Crippen molar-refractivity contribution in [1.29, 1.82) is 0 Å². The Balaban J connectivity index is 2.18. The van der Waals surface area contributed by atoms with Gasteiger partial charge in [0, 0.05) is 6.61 Å². The molecule has 0 radical (unpaired) electrons. The van der Waals surface area contributed by atoms with Crippen molar-refractivity contribution >= 4 is 10.8 Å². The Morgan fingerprint density at radius 1 is 1.05 bits per heavy atom. The number of benzene rings is 2. The molecule has 0 aliphatic rings. The largest absolute Gasteiger partial charge is 0.379 e. The molecule has 2 rings (SSSR count). The van der Waals surface area contributed by atoms with Crippen LogP contribution in [0, 0.1) is 0 Å². The van der Waals surface area contributed by atoms with Gasteiger partial charge in [0.15, 0.2) is 0 Å². The first-order valence-corrected chi connectivity index (χ1v) is 7.65. The summed E-state index contributed by atoms with van der Waals surface area (Å²) in [6, 6.07) is 15.3. The maximum Gasteiger partial charge on any atom is 0.0661 e. The van der Waals surface area contributed by atoms with E-state index in [0.29, 0.717) is 0 Å². The number of rotatable bonds is 8. The zero-order valence-electron chi connectivity index (χ0n) is 12.6. The van der Waals surface area contributed by atoms with Crippen molar-refractivity contribution < 1.29 is 4.74 Å². The van der Waals surface area contributed by atoms with Crippen LogP contribution in [-0.2, 0) is 4.74 Å². The maximum absolute atomic E-state index is 5.83. The van der Waals surface area contributed by atoms with E-state index in [1.807, 2.05) is 0 Å². The standard InChI is InChI=1S/C18H25NO/c1-3-5-13-20-14-18(19-4-2)17-12-8-10-15-9-6-7-11-16(15)17/h6-12,18-19H,3-5,13-14H2,1-2H3. The topological polar surface area (TPSA) is 21.3 Å². The molecule has 0 saturated carbocycles. The number of hydrogen-bond acceptors (Lipinski definition) is 2. The molecule has 20 heavy (non-hydrogen) atoms. The lowest BCUT2D eigenvalue weighted by Crippen LogP contribution is -2.25. The molecule has 2 aromatic rings. The van der Waals surface area contributed by atoms with E-state index >= 15 is 0 Å². The molecule has 1 atom stereocenters. The van der Waals surface area contributed by atoms with E-state index in [1.165, 1.54) is 22.8 Å². The summed E-state index contributed by atoms with van der Waals surface area (Å²) in [5.74, 6) is 0. The molecule has 0 heterocycles. The molecule has 2 aromatic carbocycles. The molecule has 1 N–H and O–H groups in total. The van der Waals surface area contributed by atoms with Crippen LogP contribution < -0.4 is 5.32 Å². The average Bonchev–Trinajstić information content (AvgIpc) is 2.50. The third-order valence-corrected chi connectivity index (χ3v) is 3.58. The summed E-state index contributed by atoms with van der Waals surface area (Å²) in [6.07, 6.45) is 2.31. The van der Waals surface area contributed by atoms with Crippen LogP contribution in [0.15, 0.2) is 42.5 Å². The second-order valence-electron chi connectivity index (χ2n) is 5.11. The highest BCUT2D eigenvalue weighted by Gasteiger charge is 2.13. The summed E-state index contributed by atoms with van der Waals surface area (Å²) in [7, 11) is 0. The fourth-order valence-electron chi connectivity index (χ4n) is 2.51. The summed E-state index contributed by atoms with van der Waals surface area (Å²) in [5, 5.41) is 6.16. The quantitative estimate of drug-likeness (QED) is 0.722. The molecule has 0 aliphatic heterocycles. The van der Waals surface area contributed by atoms with Crippen LogP contribution in [0.2, 0.25) is 0 Å². The molecule has 2 nitrogen and oxygen atoms in total. The number of hydrogen-bond donors (Lipinski definition) is 1. The third-order valence-electron chi connectivity index (χ3n) is 3.58. The lowest BCUT2D eigenvalue weighted by molar-refractivity contribution is 0.109. The molecule has 0 spiro atoms. The zero-order chi connectivity index (χ0) is 14.2. The zero-order valence-corrected chi connectivity index (χ0v) is 12.6. The Morgan fingerprint density at radius 3 is 2.65 bits per heavy atom. The van der Waals surface area contributed by atoms with Crippen molar-refractivity contribution in [3.63, 3.8) is 0 Å². The van der Waals surface area contributed by atoms with Gasteiger partial charge in [-0.2, -0.15) is 0 Å². The van der Waals surface area contributed by atoms with Crippen LogP contribution in [0.5, 0.6) is 0 Å². The van der Waals surface area contributed by atoms with Crippen molar-refractivity contribution in [1.82, 2.24) is 5.32 Å². The minimum atomic E-state index is 0.267. The third kappa shape index (κ3) is 3.81. The molecule has 0 aliphatic carbocycles. The summed E-state index contributed by atoms with van der Waals surface area (Å²) in [5.41, 5.74) is 1.33. The van der Waals surface area contributed by atoms with Crippen LogP contribution in [-0.4, -0.2) is 19.8 Å². The highest BCUT2D eigenvalue weighted by Crippen LogP contribution is 2.24. The van der Waals surface area contributed by atoms with Crippen molar-refractivity contribution in [3.05, 3.63) is 48.0 Å². The van der Waals surface area contributed by atoms with Crippen molar-refractivity contribution in [2.24, 2.45) is 0 Å². The smallest absolute Gasteiger partial charge is 0.0661 e. The number of likely N-dealkylation sites (N-methyl/N-ethyl adjacent to an activating group) is 1.